The molecule has 1 aromatic carbocycles. The summed E-state index contributed by atoms with van der Waals surface area (Å²) in [6.45, 7) is 0.201. The van der Waals surface area contributed by atoms with Crippen LogP contribution in [-0.2, 0) is 15.8 Å². The number of nitrogens with zero attached hydrogens (tertiary/aromatic N) is 2. The number of amides is 2. The summed E-state index contributed by atoms with van der Waals surface area (Å²) in [6.07, 6.45) is -0.917. The minimum atomic E-state index is -4.72. The van der Waals surface area contributed by atoms with E-state index in [-0.39, 0.29) is 18.1 Å². The van der Waals surface area contributed by atoms with E-state index >= 15 is 0 Å². The van der Waals surface area contributed by atoms with Gasteiger partial charge in [0.05, 0.1) is 10.5 Å². The van der Waals surface area contributed by atoms with Crippen LogP contribution in [0.3, 0.4) is 0 Å². The Kier molecular flexibility index (Phi) is 6.59. The Hall–Kier alpha value is -2.85. The number of anilines is 1. The van der Waals surface area contributed by atoms with Gasteiger partial charge < -0.3 is 4.90 Å². The maximum absolute atomic E-state index is 12.7. The lowest BCUT2D eigenvalue weighted by atomic mass is 10.1. The molecule has 11 heteroatoms. The Balaban J connectivity index is 2.01. The summed E-state index contributed by atoms with van der Waals surface area (Å²) in [7, 11) is 0. The van der Waals surface area contributed by atoms with Gasteiger partial charge in [-0.05, 0) is 25.0 Å². The third kappa shape index (κ3) is 5.83. The SMILES string of the molecule is O=C(CN1CCCCCCC1=O)NNc1ccc(C(F)(F)F)cc1[N+](=O)[O-]. The lowest BCUT2D eigenvalue weighted by molar-refractivity contribution is -0.384. The van der Waals surface area contributed by atoms with Crippen molar-refractivity contribution in [3.8, 4) is 0 Å². The summed E-state index contributed by atoms with van der Waals surface area (Å²) in [6, 6.07) is 1.92. The largest absolute Gasteiger partial charge is 0.416 e. The summed E-state index contributed by atoms with van der Waals surface area (Å²) >= 11 is 0. The molecule has 0 atom stereocenters. The fourth-order valence-corrected chi connectivity index (χ4v) is 2.70. The van der Waals surface area contributed by atoms with Gasteiger partial charge in [-0.15, -0.1) is 0 Å². The first kappa shape index (κ1) is 20.5. The third-order valence-electron chi connectivity index (χ3n) is 4.11. The van der Waals surface area contributed by atoms with Crippen molar-refractivity contribution in [2.45, 2.75) is 38.3 Å². The first-order valence-electron chi connectivity index (χ1n) is 8.37. The first-order chi connectivity index (χ1) is 12.7. The molecule has 0 unspecified atom stereocenters. The first-order valence-corrected chi connectivity index (χ1v) is 8.37. The Bertz CT molecular complexity index is 724. The lowest BCUT2D eigenvalue weighted by Gasteiger charge is -2.24. The molecule has 1 heterocycles. The monoisotopic (exact) mass is 388 g/mol. The fourth-order valence-electron chi connectivity index (χ4n) is 2.70. The quantitative estimate of drug-likeness (QED) is 0.596. The molecule has 0 saturated carbocycles. The van der Waals surface area contributed by atoms with E-state index in [4.69, 9.17) is 0 Å². The average molecular weight is 388 g/mol. The molecule has 1 saturated heterocycles. The molecule has 0 aliphatic carbocycles. The van der Waals surface area contributed by atoms with Crippen molar-refractivity contribution < 1.29 is 27.7 Å². The molecule has 148 valence electrons. The van der Waals surface area contributed by atoms with Crippen LogP contribution >= 0.6 is 0 Å². The number of hydrogen-bond acceptors (Lipinski definition) is 5. The van der Waals surface area contributed by atoms with E-state index in [9.17, 15) is 32.9 Å². The van der Waals surface area contributed by atoms with Crippen LogP contribution in [-0.4, -0.2) is 34.7 Å². The summed E-state index contributed by atoms with van der Waals surface area (Å²) in [5.74, 6) is -0.775. The highest BCUT2D eigenvalue weighted by molar-refractivity contribution is 5.85. The third-order valence-corrected chi connectivity index (χ3v) is 4.11. The van der Waals surface area contributed by atoms with Gasteiger partial charge in [-0.25, -0.2) is 0 Å². The van der Waals surface area contributed by atoms with Crippen LogP contribution in [0.2, 0.25) is 0 Å². The van der Waals surface area contributed by atoms with Gasteiger partial charge in [0.1, 0.15) is 12.2 Å². The van der Waals surface area contributed by atoms with Gasteiger partial charge in [0.2, 0.25) is 5.91 Å². The van der Waals surface area contributed by atoms with Crippen molar-refractivity contribution in [3.63, 3.8) is 0 Å². The second kappa shape index (κ2) is 8.69. The fraction of sp³-hybridized carbons (Fsp3) is 0.500. The Morgan fingerprint density at radius 1 is 1.22 bits per heavy atom. The smallest absolute Gasteiger partial charge is 0.333 e. The number of hydrazine groups is 1. The zero-order valence-electron chi connectivity index (χ0n) is 14.3. The Morgan fingerprint density at radius 3 is 2.59 bits per heavy atom. The molecule has 1 aliphatic heterocycles. The molecule has 8 nitrogen and oxygen atoms in total. The van der Waals surface area contributed by atoms with E-state index in [0.29, 0.717) is 25.1 Å². The van der Waals surface area contributed by atoms with Crippen molar-refractivity contribution in [2.75, 3.05) is 18.5 Å². The van der Waals surface area contributed by atoms with E-state index in [1.54, 1.807) is 0 Å². The average Bonchev–Trinajstić information content (AvgIpc) is 2.58. The van der Waals surface area contributed by atoms with Gasteiger partial charge in [-0.3, -0.25) is 30.6 Å². The highest BCUT2D eigenvalue weighted by Crippen LogP contribution is 2.34. The lowest BCUT2D eigenvalue weighted by Crippen LogP contribution is -2.43. The second-order valence-electron chi connectivity index (χ2n) is 6.14. The molecule has 1 aliphatic rings. The molecular formula is C16H19F3N4O4. The van der Waals surface area contributed by atoms with Gasteiger partial charge >= 0.3 is 6.18 Å². The van der Waals surface area contributed by atoms with E-state index in [0.717, 1.165) is 31.7 Å². The van der Waals surface area contributed by atoms with Crippen molar-refractivity contribution in [3.05, 3.63) is 33.9 Å². The molecule has 2 amide bonds. The number of carbonyl (C=O) groups is 2. The van der Waals surface area contributed by atoms with E-state index < -0.39 is 28.3 Å². The van der Waals surface area contributed by atoms with Crippen LogP contribution in [0, 0.1) is 10.1 Å². The molecule has 0 bridgehead atoms. The van der Waals surface area contributed by atoms with Gasteiger partial charge in [-0.2, -0.15) is 13.2 Å². The van der Waals surface area contributed by atoms with Crippen LogP contribution in [0.5, 0.6) is 0 Å². The van der Waals surface area contributed by atoms with Crippen molar-refractivity contribution in [1.82, 2.24) is 10.3 Å². The molecular weight excluding hydrogens is 369 g/mol. The molecule has 1 fully saturated rings. The van der Waals surface area contributed by atoms with Gasteiger partial charge in [0.15, 0.2) is 0 Å². The van der Waals surface area contributed by atoms with Crippen LogP contribution in [0.1, 0.15) is 37.7 Å². The number of nitro benzene ring substituents is 1. The zero-order valence-corrected chi connectivity index (χ0v) is 14.3. The van der Waals surface area contributed by atoms with Gasteiger partial charge in [-0.1, -0.05) is 12.8 Å². The topological polar surface area (TPSA) is 105 Å². The molecule has 0 radical (unpaired) electrons. The van der Waals surface area contributed by atoms with Crippen molar-refractivity contribution in [1.29, 1.82) is 0 Å². The predicted octanol–water partition coefficient (Wildman–Crippen LogP) is 2.85. The van der Waals surface area contributed by atoms with Crippen LogP contribution in [0.4, 0.5) is 24.5 Å². The van der Waals surface area contributed by atoms with E-state index in [2.05, 4.69) is 10.9 Å². The molecule has 1 aromatic rings. The van der Waals surface area contributed by atoms with Crippen molar-refractivity contribution in [2.24, 2.45) is 0 Å². The van der Waals surface area contributed by atoms with Crippen LogP contribution in [0.15, 0.2) is 18.2 Å². The number of likely N-dealkylation sites (tertiary alicyclic amines) is 1. The summed E-state index contributed by atoms with van der Waals surface area (Å²) in [4.78, 5) is 35.4. The van der Waals surface area contributed by atoms with E-state index in [1.165, 1.54) is 4.90 Å². The molecule has 0 aromatic heterocycles. The number of carbonyl (C=O) groups excluding carboxylic acids is 2. The van der Waals surface area contributed by atoms with Crippen LogP contribution < -0.4 is 10.9 Å². The normalized spacial score (nSPS) is 15.7. The summed E-state index contributed by atoms with van der Waals surface area (Å²) < 4.78 is 38.1. The predicted molar refractivity (Wildman–Crippen MR) is 89.5 cm³/mol. The second-order valence-corrected chi connectivity index (χ2v) is 6.14. The number of nitro groups is 1. The molecule has 0 spiro atoms. The molecule has 2 rings (SSSR count). The van der Waals surface area contributed by atoms with Gasteiger partial charge in [0.25, 0.3) is 11.6 Å². The number of alkyl halides is 3. The number of halogens is 3. The summed E-state index contributed by atoms with van der Waals surface area (Å²) in [5.41, 5.74) is 2.16. The number of rotatable bonds is 5. The van der Waals surface area contributed by atoms with Crippen LogP contribution in [0.25, 0.3) is 0 Å². The number of benzene rings is 1. The Morgan fingerprint density at radius 2 is 1.93 bits per heavy atom. The highest BCUT2D eigenvalue weighted by Gasteiger charge is 2.33. The highest BCUT2D eigenvalue weighted by atomic mass is 19.4. The van der Waals surface area contributed by atoms with Gasteiger partial charge in [0, 0.05) is 19.0 Å². The maximum Gasteiger partial charge on any atom is 0.416 e. The number of hydrogen-bond donors (Lipinski definition) is 2. The van der Waals surface area contributed by atoms with Crippen molar-refractivity contribution >= 4 is 23.2 Å². The molecule has 2 N–H and O–H groups in total. The minimum Gasteiger partial charge on any atom is -0.333 e. The number of nitrogens with one attached hydrogen (secondary N) is 2. The standard InChI is InChI=1S/C16H19F3N4O4/c17-16(18,19)11-6-7-12(13(9-11)23(26)27)20-21-14(24)10-22-8-4-2-1-3-5-15(22)25/h6-7,9,20H,1-5,8,10H2,(H,21,24). The zero-order chi connectivity index (χ0) is 20.0. The maximum atomic E-state index is 12.7. The summed E-state index contributed by atoms with van der Waals surface area (Å²) in [5, 5.41) is 11.0. The molecule has 27 heavy (non-hydrogen) atoms. The minimum absolute atomic E-state index is 0.148. The Labute approximate surface area is 152 Å². The van der Waals surface area contributed by atoms with E-state index in [1.807, 2.05) is 0 Å².